The average molecular weight is 496 g/mol. The van der Waals surface area contributed by atoms with Crippen LogP contribution in [0.2, 0.25) is 0 Å². The molecule has 4 aliphatic rings. The third-order valence-corrected chi connectivity index (χ3v) is 8.45. The molecule has 0 radical (unpaired) electrons. The van der Waals surface area contributed by atoms with E-state index < -0.39 is 29.6 Å². The molecule has 5 rings (SSSR count). The van der Waals surface area contributed by atoms with Crippen LogP contribution in [0.15, 0.2) is 36.4 Å². The molecule has 2 bridgehead atoms. The van der Waals surface area contributed by atoms with Crippen LogP contribution >= 0.6 is 0 Å². The van der Waals surface area contributed by atoms with Gasteiger partial charge >= 0.3 is 0 Å². The molecular formula is C28H37N3O5. The zero-order valence-electron chi connectivity index (χ0n) is 21.4. The van der Waals surface area contributed by atoms with Gasteiger partial charge in [-0.15, -0.1) is 0 Å². The summed E-state index contributed by atoms with van der Waals surface area (Å²) < 4.78 is 11.7. The normalized spacial score (nSPS) is 34.5. The number of amides is 3. The molecule has 7 atom stereocenters. The number of unbranched alkanes of at least 4 members (excludes halogenated alkanes) is 1. The number of rotatable bonds is 8. The van der Waals surface area contributed by atoms with Gasteiger partial charge in [0.15, 0.2) is 0 Å². The molecule has 3 amide bonds. The number of hydrogen-bond donors (Lipinski definition) is 2. The Kier molecular flexibility index (Phi) is 6.81. The van der Waals surface area contributed by atoms with Crippen molar-refractivity contribution in [3.8, 4) is 5.75 Å². The first kappa shape index (κ1) is 24.8. The van der Waals surface area contributed by atoms with E-state index in [-0.39, 0.29) is 23.8 Å². The van der Waals surface area contributed by atoms with Gasteiger partial charge < -0.3 is 25.0 Å². The van der Waals surface area contributed by atoms with E-state index in [1.807, 2.05) is 12.2 Å². The quantitative estimate of drug-likeness (QED) is 0.540. The van der Waals surface area contributed by atoms with Gasteiger partial charge in [-0.25, -0.2) is 0 Å². The molecule has 0 aromatic heterocycles. The van der Waals surface area contributed by atoms with Crippen molar-refractivity contribution in [3.63, 3.8) is 0 Å². The fraction of sp³-hybridized carbons (Fsp3) is 0.607. The molecule has 2 saturated heterocycles. The second kappa shape index (κ2) is 9.88. The maximum atomic E-state index is 13.8. The molecule has 8 nitrogen and oxygen atoms in total. The highest BCUT2D eigenvalue weighted by atomic mass is 16.5. The average Bonchev–Trinajstić information content (AvgIpc) is 3.51. The lowest BCUT2D eigenvalue weighted by Crippen LogP contribution is -2.57. The lowest BCUT2D eigenvalue weighted by Gasteiger charge is -2.36. The second-order valence-corrected chi connectivity index (χ2v) is 10.7. The summed E-state index contributed by atoms with van der Waals surface area (Å²) in [5.74, 6) is -1.02. The molecule has 3 fully saturated rings. The molecule has 1 saturated carbocycles. The van der Waals surface area contributed by atoms with E-state index >= 15 is 0 Å². The smallest absolute Gasteiger partial charge is 0.246 e. The van der Waals surface area contributed by atoms with Crippen LogP contribution in [0.3, 0.4) is 0 Å². The number of hydrogen-bond acceptors (Lipinski definition) is 5. The van der Waals surface area contributed by atoms with E-state index in [9.17, 15) is 14.4 Å². The van der Waals surface area contributed by atoms with Gasteiger partial charge in [0.25, 0.3) is 0 Å². The Morgan fingerprint density at radius 2 is 2.03 bits per heavy atom. The molecule has 3 aliphatic heterocycles. The lowest BCUT2D eigenvalue weighted by atomic mass is 9.74. The summed E-state index contributed by atoms with van der Waals surface area (Å²) >= 11 is 0. The number of benzene rings is 1. The molecule has 1 aromatic rings. The summed E-state index contributed by atoms with van der Waals surface area (Å²) in [6.45, 7) is 4.71. The first-order chi connectivity index (χ1) is 17.4. The minimum Gasteiger partial charge on any atom is -0.497 e. The summed E-state index contributed by atoms with van der Waals surface area (Å²) in [5.41, 5.74) is -0.526. The van der Waals surface area contributed by atoms with Gasteiger partial charge in [-0.2, -0.15) is 0 Å². The fourth-order valence-corrected chi connectivity index (χ4v) is 6.56. The molecule has 1 aliphatic carbocycles. The standard InChI is InChI=1S/C28H37N3O5/c1-4-5-15-31-24(26(33)30-20-12-7-6-9-17(20)2)28-14-13-21(36-28)22(23(28)27(31)34)25(32)29-18-10-8-11-19(16-18)35-3/h8,10-11,13-14,16-17,20-24H,4-7,9,12,15H2,1-3H3,(H,29,32)(H,30,33)/t17-,20-,21-,22-,23-,24+,28+/m1/s1. The summed E-state index contributed by atoms with van der Waals surface area (Å²) in [7, 11) is 1.57. The molecule has 8 heteroatoms. The number of nitrogens with one attached hydrogen (secondary N) is 2. The first-order valence-corrected chi connectivity index (χ1v) is 13.3. The Hall–Kier alpha value is -2.87. The Morgan fingerprint density at radius 3 is 2.78 bits per heavy atom. The van der Waals surface area contributed by atoms with Gasteiger partial charge in [0.05, 0.1) is 25.0 Å². The Labute approximate surface area is 212 Å². The highest BCUT2D eigenvalue weighted by Crippen LogP contribution is 2.55. The van der Waals surface area contributed by atoms with Crippen LogP contribution in [0.5, 0.6) is 5.75 Å². The Balaban J connectivity index is 1.42. The van der Waals surface area contributed by atoms with E-state index in [0.29, 0.717) is 23.9 Å². The topological polar surface area (TPSA) is 97.0 Å². The van der Waals surface area contributed by atoms with Gasteiger partial charge in [-0.3, -0.25) is 14.4 Å². The van der Waals surface area contributed by atoms with Crippen LogP contribution in [0.25, 0.3) is 0 Å². The van der Waals surface area contributed by atoms with Crippen LogP contribution in [-0.2, 0) is 19.1 Å². The molecule has 3 heterocycles. The van der Waals surface area contributed by atoms with E-state index in [0.717, 1.165) is 32.1 Å². The number of fused-ring (bicyclic) bond motifs is 1. The van der Waals surface area contributed by atoms with Crippen molar-refractivity contribution in [1.29, 1.82) is 0 Å². The summed E-state index contributed by atoms with van der Waals surface area (Å²) in [6.07, 6.45) is 9.18. The van der Waals surface area contributed by atoms with E-state index in [2.05, 4.69) is 24.5 Å². The lowest BCUT2D eigenvalue weighted by molar-refractivity contribution is -0.141. The van der Waals surface area contributed by atoms with Gasteiger partial charge in [0.1, 0.15) is 17.4 Å². The molecule has 1 aromatic carbocycles. The van der Waals surface area contributed by atoms with Crippen molar-refractivity contribution in [2.24, 2.45) is 17.8 Å². The van der Waals surface area contributed by atoms with Crippen molar-refractivity contribution < 1.29 is 23.9 Å². The predicted molar refractivity (Wildman–Crippen MR) is 135 cm³/mol. The van der Waals surface area contributed by atoms with Crippen molar-refractivity contribution in [2.75, 3.05) is 19.0 Å². The largest absolute Gasteiger partial charge is 0.497 e. The van der Waals surface area contributed by atoms with Crippen molar-refractivity contribution in [3.05, 3.63) is 36.4 Å². The number of anilines is 1. The minimum absolute atomic E-state index is 0.0968. The van der Waals surface area contributed by atoms with Gasteiger partial charge in [0.2, 0.25) is 17.7 Å². The number of likely N-dealkylation sites (tertiary alicyclic amines) is 1. The molecular weight excluding hydrogens is 458 g/mol. The Morgan fingerprint density at radius 1 is 1.22 bits per heavy atom. The molecule has 194 valence electrons. The zero-order valence-corrected chi connectivity index (χ0v) is 21.4. The van der Waals surface area contributed by atoms with Crippen molar-refractivity contribution in [1.82, 2.24) is 10.2 Å². The Bertz CT molecular complexity index is 1060. The number of methoxy groups -OCH3 is 1. The number of ether oxygens (including phenoxy) is 2. The maximum absolute atomic E-state index is 13.8. The van der Waals surface area contributed by atoms with Crippen LogP contribution < -0.4 is 15.4 Å². The van der Waals surface area contributed by atoms with Crippen molar-refractivity contribution in [2.45, 2.75) is 76.2 Å². The minimum atomic E-state index is -1.12. The SMILES string of the molecule is CCCCN1C(=O)[C@H]2[C@H](C(=O)Nc3cccc(OC)c3)[C@H]3C=C[C@@]2(O3)[C@@H]1C(=O)N[C@@H]1CCCC[C@H]1C. The fourth-order valence-electron chi connectivity index (χ4n) is 6.56. The van der Waals surface area contributed by atoms with Gasteiger partial charge in [0, 0.05) is 24.3 Å². The van der Waals surface area contributed by atoms with Crippen LogP contribution in [-0.4, -0.2) is 60.1 Å². The predicted octanol–water partition coefficient (Wildman–Crippen LogP) is 3.28. The summed E-state index contributed by atoms with van der Waals surface area (Å²) in [4.78, 5) is 42.8. The van der Waals surface area contributed by atoms with E-state index in [4.69, 9.17) is 9.47 Å². The molecule has 2 N–H and O–H groups in total. The third-order valence-electron chi connectivity index (χ3n) is 8.45. The monoisotopic (exact) mass is 495 g/mol. The van der Waals surface area contributed by atoms with Gasteiger partial charge in [-0.05, 0) is 37.3 Å². The summed E-state index contributed by atoms with van der Waals surface area (Å²) in [5, 5.41) is 6.21. The number of carbonyl (C=O) groups excluding carboxylic acids is 3. The maximum Gasteiger partial charge on any atom is 0.246 e. The summed E-state index contributed by atoms with van der Waals surface area (Å²) in [6, 6.07) is 6.45. The zero-order chi connectivity index (χ0) is 25.4. The highest BCUT2D eigenvalue weighted by molar-refractivity contribution is 6.02. The first-order valence-electron chi connectivity index (χ1n) is 13.3. The highest BCUT2D eigenvalue weighted by Gasteiger charge is 2.72. The van der Waals surface area contributed by atoms with Crippen LogP contribution in [0.4, 0.5) is 5.69 Å². The molecule has 0 unspecified atom stereocenters. The second-order valence-electron chi connectivity index (χ2n) is 10.7. The van der Waals surface area contributed by atoms with Gasteiger partial charge in [-0.1, -0.05) is 51.3 Å². The van der Waals surface area contributed by atoms with E-state index in [1.54, 1.807) is 36.3 Å². The molecule has 1 spiro atoms. The number of carbonyl (C=O) groups is 3. The van der Waals surface area contributed by atoms with Crippen molar-refractivity contribution >= 4 is 23.4 Å². The molecule has 36 heavy (non-hydrogen) atoms. The third kappa shape index (κ3) is 4.09. The van der Waals surface area contributed by atoms with Crippen LogP contribution in [0.1, 0.15) is 52.4 Å². The van der Waals surface area contributed by atoms with E-state index in [1.165, 1.54) is 6.42 Å². The number of nitrogens with zero attached hydrogens (tertiary/aromatic N) is 1. The van der Waals surface area contributed by atoms with Crippen LogP contribution in [0, 0.1) is 17.8 Å².